The van der Waals surface area contributed by atoms with Crippen molar-refractivity contribution in [3.8, 4) is 5.75 Å². The number of anilines is 1. The second-order valence-electron chi connectivity index (χ2n) is 7.84. The number of fused-ring (bicyclic) bond motifs is 1. The van der Waals surface area contributed by atoms with Crippen LogP contribution in [-0.4, -0.2) is 54.7 Å². The van der Waals surface area contributed by atoms with Crippen LogP contribution in [0.25, 0.3) is 11.0 Å². The molecule has 0 radical (unpaired) electrons. The number of benzene rings is 2. The molecule has 0 atom stereocenters. The summed E-state index contributed by atoms with van der Waals surface area (Å²) in [6.45, 7) is 3.40. The fraction of sp³-hybridized carbons (Fsp3) is 0.280. The number of ether oxygens (including phenoxy) is 1. The molecule has 1 aliphatic heterocycles. The van der Waals surface area contributed by atoms with Gasteiger partial charge < -0.3 is 9.15 Å². The van der Waals surface area contributed by atoms with Crippen LogP contribution in [0.5, 0.6) is 5.75 Å². The summed E-state index contributed by atoms with van der Waals surface area (Å²) in [5, 5.41) is 9.63. The lowest BCUT2D eigenvalue weighted by Crippen LogP contribution is -2.33. The van der Waals surface area contributed by atoms with Gasteiger partial charge in [-0.3, -0.25) is 24.6 Å². The van der Waals surface area contributed by atoms with E-state index >= 15 is 0 Å². The first kappa shape index (κ1) is 22.6. The van der Waals surface area contributed by atoms with E-state index in [0.717, 1.165) is 25.0 Å². The second-order valence-corrected chi connectivity index (χ2v) is 7.84. The smallest absolute Gasteiger partial charge is 0.274 e. The summed E-state index contributed by atoms with van der Waals surface area (Å²) in [5.41, 5.74) is 2.62. The van der Waals surface area contributed by atoms with Gasteiger partial charge >= 0.3 is 0 Å². The largest absolute Gasteiger partial charge is 0.492 e. The number of hydrogen-bond acceptors (Lipinski definition) is 6. The van der Waals surface area contributed by atoms with E-state index in [1.54, 1.807) is 40.7 Å². The van der Waals surface area contributed by atoms with Gasteiger partial charge in [0.1, 0.15) is 17.9 Å². The summed E-state index contributed by atoms with van der Waals surface area (Å²) >= 11 is 0. The van der Waals surface area contributed by atoms with Gasteiger partial charge in [-0.2, -0.15) is 0 Å². The minimum Gasteiger partial charge on any atom is -0.492 e. The number of hydrogen-bond donors (Lipinski definition) is 2. The molecule has 2 aromatic carbocycles. The third-order valence-electron chi connectivity index (χ3n) is 5.57. The zero-order valence-electron chi connectivity index (χ0n) is 18.3. The number of carbonyl (C=O) groups excluding carboxylic acids is 2. The first-order chi connectivity index (χ1) is 16.1. The highest BCUT2D eigenvalue weighted by Gasteiger charge is 2.18. The maximum absolute atomic E-state index is 13.0. The van der Waals surface area contributed by atoms with Crippen molar-refractivity contribution >= 4 is 28.7 Å². The molecule has 0 bridgehead atoms. The quantitative estimate of drug-likeness (QED) is 0.294. The number of rotatable bonds is 9. The predicted octanol–water partition coefficient (Wildman–Crippen LogP) is 3.62. The normalized spacial score (nSPS) is 14.1. The fourth-order valence-corrected chi connectivity index (χ4v) is 3.81. The third kappa shape index (κ3) is 5.79. The standard InChI is InChI=1S/C25H27N3O5/c29-23(8-5-15-27-13-3-4-14-27)28(24-18-20-6-1-2-7-22(20)33-24)16-17-32-21-11-9-19(10-12-21)25(30)26-31/h1-2,5-12,18,31H,3-4,13-17H2,(H,26,30)/b8-5+. The molecule has 8 nitrogen and oxygen atoms in total. The molecule has 1 aromatic heterocycles. The molecule has 2 amide bonds. The number of nitrogens with one attached hydrogen (secondary N) is 1. The lowest BCUT2D eigenvalue weighted by molar-refractivity contribution is -0.114. The van der Waals surface area contributed by atoms with E-state index in [4.69, 9.17) is 14.4 Å². The van der Waals surface area contributed by atoms with Gasteiger partial charge in [0.15, 0.2) is 0 Å². The van der Waals surface area contributed by atoms with Crippen molar-refractivity contribution < 1.29 is 24.0 Å². The summed E-state index contributed by atoms with van der Waals surface area (Å²) in [5.74, 6) is 0.243. The Hall–Kier alpha value is -3.62. The van der Waals surface area contributed by atoms with Gasteiger partial charge in [-0.1, -0.05) is 24.3 Å². The molecule has 1 saturated heterocycles. The summed E-state index contributed by atoms with van der Waals surface area (Å²) in [4.78, 5) is 28.3. The molecular weight excluding hydrogens is 422 g/mol. The monoisotopic (exact) mass is 449 g/mol. The summed E-state index contributed by atoms with van der Waals surface area (Å²) in [7, 11) is 0. The lowest BCUT2D eigenvalue weighted by atomic mass is 10.2. The van der Waals surface area contributed by atoms with Crippen LogP contribution in [-0.2, 0) is 4.79 Å². The van der Waals surface area contributed by atoms with Crippen molar-refractivity contribution in [1.82, 2.24) is 10.4 Å². The first-order valence-corrected chi connectivity index (χ1v) is 11.0. The molecule has 2 N–H and O–H groups in total. The van der Waals surface area contributed by atoms with E-state index in [-0.39, 0.29) is 19.1 Å². The minimum atomic E-state index is -0.594. The Bertz CT molecular complexity index is 1080. The van der Waals surface area contributed by atoms with Gasteiger partial charge in [0.05, 0.1) is 6.54 Å². The average Bonchev–Trinajstić information content (AvgIpc) is 3.51. The average molecular weight is 450 g/mol. The zero-order chi connectivity index (χ0) is 23.0. The van der Waals surface area contributed by atoms with Crippen LogP contribution >= 0.6 is 0 Å². The van der Waals surface area contributed by atoms with E-state index in [9.17, 15) is 9.59 Å². The number of para-hydroxylation sites is 1. The molecule has 172 valence electrons. The summed E-state index contributed by atoms with van der Waals surface area (Å²) in [6, 6.07) is 15.8. The van der Waals surface area contributed by atoms with Crippen LogP contribution < -0.4 is 15.1 Å². The Morgan fingerprint density at radius 2 is 1.88 bits per heavy atom. The Morgan fingerprint density at radius 3 is 2.61 bits per heavy atom. The Balaban J connectivity index is 1.43. The van der Waals surface area contributed by atoms with Crippen LogP contribution in [0.1, 0.15) is 23.2 Å². The van der Waals surface area contributed by atoms with Crippen molar-refractivity contribution in [2.75, 3.05) is 37.7 Å². The molecule has 33 heavy (non-hydrogen) atoms. The van der Waals surface area contributed by atoms with Crippen LogP contribution in [0, 0.1) is 0 Å². The highest BCUT2D eigenvalue weighted by Crippen LogP contribution is 2.26. The molecule has 4 rings (SSSR count). The Kier molecular flexibility index (Phi) is 7.39. The minimum absolute atomic E-state index is 0.174. The van der Waals surface area contributed by atoms with E-state index in [2.05, 4.69) is 4.90 Å². The van der Waals surface area contributed by atoms with Gasteiger partial charge in [-0.05, 0) is 56.3 Å². The summed E-state index contributed by atoms with van der Waals surface area (Å²) in [6.07, 6.45) is 5.90. The zero-order valence-corrected chi connectivity index (χ0v) is 18.3. The van der Waals surface area contributed by atoms with E-state index in [1.807, 2.05) is 36.4 Å². The molecule has 0 saturated carbocycles. The van der Waals surface area contributed by atoms with Gasteiger partial charge in [0.2, 0.25) is 5.88 Å². The molecule has 0 aliphatic carbocycles. The number of nitrogens with zero attached hydrogens (tertiary/aromatic N) is 2. The van der Waals surface area contributed by atoms with Crippen LogP contribution in [0.3, 0.4) is 0 Å². The van der Waals surface area contributed by atoms with Gasteiger partial charge in [0, 0.05) is 29.6 Å². The maximum atomic E-state index is 13.0. The van der Waals surface area contributed by atoms with E-state index < -0.39 is 5.91 Å². The molecule has 1 fully saturated rings. The third-order valence-corrected chi connectivity index (χ3v) is 5.57. The fourth-order valence-electron chi connectivity index (χ4n) is 3.81. The SMILES string of the molecule is O=C(NO)c1ccc(OCCN(C(=O)/C=C/CN2CCCC2)c2cc3ccccc3o2)cc1. The van der Waals surface area contributed by atoms with E-state index in [0.29, 0.717) is 22.8 Å². The topological polar surface area (TPSA) is 95.2 Å². The highest BCUT2D eigenvalue weighted by atomic mass is 16.5. The van der Waals surface area contributed by atoms with E-state index in [1.165, 1.54) is 12.8 Å². The molecule has 1 aliphatic rings. The van der Waals surface area contributed by atoms with Crippen molar-refractivity contribution in [3.05, 3.63) is 72.3 Å². The van der Waals surface area contributed by atoms with Crippen LogP contribution in [0.15, 0.2) is 71.2 Å². The van der Waals surface area contributed by atoms with Gasteiger partial charge in [0.25, 0.3) is 11.8 Å². The Labute approximate surface area is 192 Å². The lowest BCUT2D eigenvalue weighted by Gasteiger charge is -2.19. The van der Waals surface area contributed by atoms with Crippen molar-refractivity contribution in [2.24, 2.45) is 0 Å². The molecular formula is C25H27N3O5. The first-order valence-electron chi connectivity index (χ1n) is 11.0. The molecule has 0 unspecified atom stereocenters. The molecule has 0 spiro atoms. The van der Waals surface area contributed by atoms with Crippen molar-refractivity contribution in [3.63, 3.8) is 0 Å². The van der Waals surface area contributed by atoms with Crippen LogP contribution in [0.2, 0.25) is 0 Å². The number of likely N-dealkylation sites (tertiary alicyclic amines) is 1. The number of furan rings is 1. The molecule has 8 heteroatoms. The summed E-state index contributed by atoms with van der Waals surface area (Å²) < 4.78 is 11.7. The predicted molar refractivity (Wildman–Crippen MR) is 125 cm³/mol. The molecule has 2 heterocycles. The number of amides is 2. The van der Waals surface area contributed by atoms with Crippen molar-refractivity contribution in [2.45, 2.75) is 12.8 Å². The highest BCUT2D eigenvalue weighted by molar-refractivity contribution is 6.01. The van der Waals surface area contributed by atoms with Gasteiger partial charge in [-0.15, -0.1) is 0 Å². The van der Waals surface area contributed by atoms with Crippen molar-refractivity contribution in [1.29, 1.82) is 0 Å². The van der Waals surface area contributed by atoms with Gasteiger partial charge in [-0.25, -0.2) is 5.48 Å². The second kappa shape index (κ2) is 10.8. The molecule has 3 aromatic rings. The number of carbonyl (C=O) groups is 2. The number of hydroxylamine groups is 1. The van der Waals surface area contributed by atoms with Crippen LogP contribution in [0.4, 0.5) is 5.88 Å². The maximum Gasteiger partial charge on any atom is 0.274 e. The Morgan fingerprint density at radius 1 is 1.12 bits per heavy atom.